The molecular weight excluding hydrogens is 302 g/mol. The SMILES string of the molecule is CC(C)=CC[C@]12C[C@@H]3C(=O)N[C@@H](C)C(=O)N3[C@H]1Nc1ccccc12. The van der Waals surface area contributed by atoms with Crippen LogP contribution in [-0.4, -0.2) is 35.0 Å². The summed E-state index contributed by atoms with van der Waals surface area (Å²) in [5, 5.41) is 6.35. The standard InChI is InChI=1S/C19H23N3O2/c1-11(2)8-9-19-10-15-16(23)20-12(3)17(24)22(15)18(19)21-14-7-5-4-6-13(14)19/h4-8,12,15,18,21H,9-10H2,1-3H3,(H,20,23)/t12-,15+,18+,19+/m0/s1. The van der Waals surface area contributed by atoms with E-state index in [0.29, 0.717) is 6.42 Å². The predicted octanol–water partition coefficient (Wildman–Crippen LogP) is 2.15. The van der Waals surface area contributed by atoms with E-state index in [1.165, 1.54) is 11.1 Å². The van der Waals surface area contributed by atoms with Crippen molar-refractivity contribution in [2.45, 2.75) is 57.3 Å². The fourth-order valence-electron chi connectivity index (χ4n) is 4.44. The van der Waals surface area contributed by atoms with E-state index in [9.17, 15) is 9.59 Å². The molecule has 0 aliphatic carbocycles. The molecule has 3 aliphatic heterocycles. The van der Waals surface area contributed by atoms with E-state index >= 15 is 0 Å². The lowest BCUT2D eigenvalue weighted by atomic mass is 9.75. The first-order chi connectivity index (χ1) is 11.4. The molecule has 4 rings (SSSR count). The Morgan fingerprint density at radius 2 is 2.04 bits per heavy atom. The number of fused-ring (bicyclic) bond motifs is 5. The van der Waals surface area contributed by atoms with Gasteiger partial charge in [0.25, 0.3) is 0 Å². The number of amides is 2. The first-order valence-electron chi connectivity index (χ1n) is 8.56. The molecule has 0 aromatic heterocycles. The number of rotatable bonds is 2. The van der Waals surface area contributed by atoms with E-state index in [2.05, 4.69) is 42.7 Å². The third-order valence-electron chi connectivity index (χ3n) is 5.61. The van der Waals surface area contributed by atoms with Gasteiger partial charge in [0.1, 0.15) is 18.2 Å². The molecule has 0 bridgehead atoms. The first kappa shape index (κ1) is 15.2. The molecule has 0 saturated carbocycles. The summed E-state index contributed by atoms with van der Waals surface area (Å²) < 4.78 is 0. The number of piperazine rings is 1. The van der Waals surface area contributed by atoms with E-state index in [-0.39, 0.29) is 29.4 Å². The van der Waals surface area contributed by atoms with Crippen LogP contribution in [0.4, 0.5) is 5.69 Å². The van der Waals surface area contributed by atoms with Crippen LogP contribution in [-0.2, 0) is 15.0 Å². The molecule has 3 aliphatic rings. The number of benzene rings is 1. The maximum Gasteiger partial charge on any atom is 0.247 e. The summed E-state index contributed by atoms with van der Waals surface area (Å²) in [5.41, 5.74) is 3.31. The highest BCUT2D eigenvalue weighted by atomic mass is 16.2. The van der Waals surface area contributed by atoms with Crippen molar-refractivity contribution in [1.82, 2.24) is 10.2 Å². The number of hydrogen-bond donors (Lipinski definition) is 2. The Hall–Kier alpha value is -2.30. The average Bonchev–Trinajstić information content (AvgIpc) is 3.02. The topological polar surface area (TPSA) is 61.4 Å². The summed E-state index contributed by atoms with van der Waals surface area (Å²) in [7, 11) is 0. The molecule has 24 heavy (non-hydrogen) atoms. The van der Waals surface area contributed by atoms with Gasteiger partial charge in [0.15, 0.2) is 0 Å². The van der Waals surface area contributed by atoms with Gasteiger partial charge in [-0.1, -0.05) is 29.8 Å². The van der Waals surface area contributed by atoms with Crippen LogP contribution in [0, 0.1) is 0 Å². The molecule has 3 heterocycles. The molecule has 0 spiro atoms. The highest BCUT2D eigenvalue weighted by molar-refractivity contribution is 5.98. The van der Waals surface area contributed by atoms with Crippen molar-refractivity contribution in [1.29, 1.82) is 0 Å². The normalized spacial score (nSPS) is 33.3. The minimum absolute atomic E-state index is 0.00369. The maximum atomic E-state index is 12.8. The zero-order chi connectivity index (χ0) is 17.1. The number of allylic oxidation sites excluding steroid dienone is 2. The zero-order valence-electron chi connectivity index (χ0n) is 14.3. The van der Waals surface area contributed by atoms with Crippen LogP contribution in [0.2, 0.25) is 0 Å². The van der Waals surface area contributed by atoms with Gasteiger partial charge in [-0.15, -0.1) is 0 Å². The van der Waals surface area contributed by atoms with Gasteiger partial charge in [-0.05, 0) is 45.2 Å². The molecule has 2 amide bonds. The third-order valence-corrected chi connectivity index (χ3v) is 5.61. The first-order valence-corrected chi connectivity index (χ1v) is 8.56. The fourth-order valence-corrected chi connectivity index (χ4v) is 4.44. The van der Waals surface area contributed by atoms with E-state index in [0.717, 1.165) is 12.1 Å². The van der Waals surface area contributed by atoms with Crippen LogP contribution in [0.1, 0.15) is 39.2 Å². The average molecular weight is 325 g/mol. The van der Waals surface area contributed by atoms with Crippen molar-refractivity contribution in [3.05, 3.63) is 41.5 Å². The van der Waals surface area contributed by atoms with E-state index in [1.807, 2.05) is 12.1 Å². The Morgan fingerprint density at radius 3 is 2.79 bits per heavy atom. The minimum Gasteiger partial charge on any atom is -0.364 e. The largest absolute Gasteiger partial charge is 0.364 e. The smallest absolute Gasteiger partial charge is 0.247 e. The fraction of sp³-hybridized carbons (Fsp3) is 0.474. The Labute approximate surface area is 142 Å². The summed E-state index contributed by atoms with van der Waals surface area (Å²) in [6.45, 7) is 5.93. The van der Waals surface area contributed by atoms with Crippen LogP contribution in [0.15, 0.2) is 35.9 Å². The zero-order valence-corrected chi connectivity index (χ0v) is 14.3. The lowest BCUT2D eigenvalue weighted by Gasteiger charge is -2.37. The molecule has 4 atom stereocenters. The molecule has 1 aromatic carbocycles. The number of carbonyl (C=O) groups excluding carboxylic acids is 2. The Morgan fingerprint density at radius 1 is 1.29 bits per heavy atom. The molecule has 5 nitrogen and oxygen atoms in total. The van der Waals surface area contributed by atoms with Gasteiger partial charge in [0.05, 0.1) is 0 Å². The number of nitrogens with one attached hydrogen (secondary N) is 2. The Balaban J connectivity index is 1.84. The molecule has 1 aromatic rings. The predicted molar refractivity (Wildman–Crippen MR) is 92.4 cm³/mol. The molecule has 0 unspecified atom stereocenters. The second-order valence-corrected chi connectivity index (χ2v) is 7.43. The lowest BCUT2D eigenvalue weighted by Crippen LogP contribution is -2.63. The van der Waals surface area contributed by atoms with E-state index in [1.54, 1.807) is 11.8 Å². The van der Waals surface area contributed by atoms with Crippen molar-refractivity contribution >= 4 is 17.5 Å². The van der Waals surface area contributed by atoms with Gasteiger partial charge >= 0.3 is 0 Å². The van der Waals surface area contributed by atoms with Crippen LogP contribution < -0.4 is 10.6 Å². The summed E-state index contributed by atoms with van der Waals surface area (Å²) in [6.07, 6.45) is 3.56. The van der Waals surface area contributed by atoms with Gasteiger partial charge in [-0.3, -0.25) is 9.59 Å². The van der Waals surface area contributed by atoms with Crippen molar-refractivity contribution in [2.24, 2.45) is 0 Å². The molecule has 2 saturated heterocycles. The Kier molecular flexibility index (Phi) is 3.24. The second kappa shape index (κ2) is 5.10. The van der Waals surface area contributed by atoms with Gasteiger partial charge in [-0.25, -0.2) is 0 Å². The van der Waals surface area contributed by atoms with Crippen molar-refractivity contribution in [3.8, 4) is 0 Å². The van der Waals surface area contributed by atoms with Gasteiger partial charge in [-0.2, -0.15) is 0 Å². The van der Waals surface area contributed by atoms with Gasteiger partial charge < -0.3 is 15.5 Å². The lowest BCUT2D eigenvalue weighted by molar-refractivity contribution is -0.148. The van der Waals surface area contributed by atoms with Crippen molar-refractivity contribution in [2.75, 3.05) is 5.32 Å². The molecule has 2 fully saturated rings. The number of hydrogen-bond acceptors (Lipinski definition) is 3. The molecule has 2 N–H and O–H groups in total. The van der Waals surface area contributed by atoms with Crippen LogP contribution in [0.3, 0.4) is 0 Å². The quantitative estimate of drug-likeness (QED) is 0.819. The summed E-state index contributed by atoms with van der Waals surface area (Å²) >= 11 is 0. The maximum absolute atomic E-state index is 12.8. The highest BCUT2D eigenvalue weighted by Gasteiger charge is 2.61. The van der Waals surface area contributed by atoms with Gasteiger partial charge in [0, 0.05) is 11.1 Å². The van der Waals surface area contributed by atoms with Crippen LogP contribution in [0.25, 0.3) is 0 Å². The van der Waals surface area contributed by atoms with Crippen LogP contribution in [0.5, 0.6) is 0 Å². The van der Waals surface area contributed by atoms with Gasteiger partial charge in [0.2, 0.25) is 11.8 Å². The number of carbonyl (C=O) groups is 2. The summed E-state index contributed by atoms with van der Waals surface area (Å²) in [4.78, 5) is 27.1. The van der Waals surface area contributed by atoms with E-state index in [4.69, 9.17) is 0 Å². The Bertz CT molecular complexity index is 753. The highest BCUT2D eigenvalue weighted by Crippen LogP contribution is 2.53. The molecular formula is C19H23N3O2. The minimum atomic E-state index is -0.460. The van der Waals surface area contributed by atoms with E-state index < -0.39 is 6.04 Å². The molecule has 0 radical (unpaired) electrons. The molecule has 126 valence electrons. The van der Waals surface area contributed by atoms with Crippen molar-refractivity contribution in [3.63, 3.8) is 0 Å². The number of anilines is 1. The van der Waals surface area contributed by atoms with Crippen LogP contribution >= 0.6 is 0 Å². The molecule has 5 heteroatoms. The summed E-state index contributed by atoms with van der Waals surface area (Å²) in [6, 6.07) is 7.39. The number of para-hydroxylation sites is 1. The second-order valence-electron chi connectivity index (χ2n) is 7.43. The summed E-state index contributed by atoms with van der Waals surface area (Å²) in [5.74, 6) is -0.0312. The van der Waals surface area contributed by atoms with Crippen molar-refractivity contribution < 1.29 is 9.59 Å². The monoisotopic (exact) mass is 325 g/mol. The number of nitrogens with zero attached hydrogens (tertiary/aromatic N) is 1. The third kappa shape index (κ3) is 1.93.